The first-order valence-electron chi connectivity index (χ1n) is 3.28. The largest absolute Gasteiger partial charge is 0.394 e. The smallest absolute Gasteiger partial charge is 0.226 e. The van der Waals surface area contributed by atoms with Gasteiger partial charge in [-0.05, 0) is 42.3 Å². The lowest BCUT2D eigenvalue weighted by atomic mass is 10.4. The Labute approximate surface area is 90.8 Å². The van der Waals surface area contributed by atoms with Crippen LogP contribution in [0.5, 0.6) is 0 Å². The Hall–Kier alpha value is -0.520. The molecule has 6 nitrogen and oxygen atoms in total. The van der Waals surface area contributed by atoms with Crippen LogP contribution in [0.25, 0.3) is 0 Å². The summed E-state index contributed by atoms with van der Waals surface area (Å²) in [5.74, 6) is 0.309. The van der Waals surface area contributed by atoms with Crippen molar-refractivity contribution in [2.75, 3.05) is 6.61 Å². The maximum atomic E-state index is 8.74. The number of aliphatic hydroxyl groups is 1. The highest BCUT2D eigenvalue weighted by molar-refractivity contribution is 9.25. The number of hydrogen-bond acceptors (Lipinski definition) is 5. The molecule has 13 heavy (non-hydrogen) atoms. The molecule has 0 aliphatic rings. The first kappa shape index (κ1) is 10.6. The van der Waals surface area contributed by atoms with Gasteiger partial charge in [-0.2, -0.15) is 5.26 Å². The average molecular weight is 311 g/mol. The van der Waals surface area contributed by atoms with E-state index in [-0.39, 0.29) is 13.2 Å². The molecule has 8 heteroatoms. The first-order valence-corrected chi connectivity index (χ1v) is 4.87. The van der Waals surface area contributed by atoms with Gasteiger partial charge in [0.1, 0.15) is 6.07 Å². The molecule has 0 aliphatic carbocycles. The molecule has 0 aromatic carbocycles. The predicted octanol–water partition coefficient (Wildman–Crippen LogP) is 0.132. The fourth-order valence-electron chi connectivity index (χ4n) is 0.725. The lowest BCUT2D eigenvalue weighted by Crippen LogP contribution is -2.17. The predicted molar refractivity (Wildman–Crippen MR) is 50.0 cm³/mol. The van der Waals surface area contributed by atoms with Crippen molar-refractivity contribution in [2.24, 2.45) is 0 Å². The monoisotopic (exact) mass is 309 g/mol. The van der Waals surface area contributed by atoms with Gasteiger partial charge < -0.3 is 5.11 Å². The van der Waals surface area contributed by atoms with E-state index in [1.165, 1.54) is 4.68 Å². The summed E-state index contributed by atoms with van der Waals surface area (Å²) in [6.45, 7) is 0.169. The van der Waals surface area contributed by atoms with Crippen LogP contribution in [0.3, 0.4) is 0 Å². The minimum atomic E-state index is -1.10. The molecule has 0 atom stereocenters. The van der Waals surface area contributed by atoms with Crippen molar-refractivity contribution in [3.8, 4) is 6.07 Å². The summed E-state index contributed by atoms with van der Waals surface area (Å²) in [7, 11) is 0. The van der Waals surface area contributed by atoms with Gasteiger partial charge in [-0.25, -0.2) is 4.68 Å². The van der Waals surface area contributed by atoms with E-state index in [4.69, 9.17) is 10.4 Å². The number of hydrogen-bond donors (Lipinski definition) is 1. The maximum absolute atomic E-state index is 8.74. The van der Waals surface area contributed by atoms with Gasteiger partial charge >= 0.3 is 0 Å². The molecule has 1 aromatic rings. The maximum Gasteiger partial charge on any atom is 0.226 e. The highest BCUT2D eigenvalue weighted by atomic mass is 79.9. The van der Waals surface area contributed by atoms with Crippen LogP contribution in [0.4, 0.5) is 0 Å². The SMILES string of the molecule is N#CC(Br)(Br)c1nnnn1CCO. The highest BCUT2D eigenvalue weighted by Crippen LogP contribution is 2.35. The summed E-state index contributed by atoms with van der Waals surface area (Å²) in [6, 6.07) is 1.93. The van der Waals surface area contributed by atoms with Crippen LogP contribution in [0.15, 0.2) is 0 Å². The van der Waals surface area contributed by atoms with E-state index in [1.54, 1.807) is 0 Å². The second-order valence-corrected chi connectivity index (χ2v) is 5.58. The molecular weight excluding hydrogens is 306 g/mol. The Bertz CT molecular complexity index is 330. The van der Waals surface area contributed by atoms with Crippen molar-refractivity contribution < 1.29 is 5.11 Å². The molecule has 0 bridgehead atoms. The van der Waals surface area contributed by atoms with E-state index in [2.05, 4.69) is 47.4 Å². The third-order valence-corrected chi connectivity index (χ3v) is 2.33. The summed E-state index contributed by atoms with van der Waals surface area (Å²) < 4.78 is 0.241. The van der Waals surface area contributed by atoms with Gasteiger partial charge in [0, 0.05) is 0 Å². The topological polar surface area (TPSA) is 87.6 Å². The van der Waals surface area contributed by atoms with E-state index in [0.717, 1.165) is 0 Å². The Balaban J connectivity index is 3.01. The van der Waals surface area contributed by atoms with Crippen LogP contribution in [0.2, 0.25) is 0 Å². The van der Waals surface area contributed by atoms with E-state index in [9.17, 15) is 0 Å². The van der Waals surface area contributed by atoms with Crippen molar-refractivity contribution in [1.82, 2.24) is 20.2 Å². The number of tetrazole rings is 1. The molecule has 70 valence electrons. The quantitative estimate of drug-likeness (QED) is 0.802. The van der Waals surface area contributed by atoms with Crippen LogP contribution >= 0.6 is 31.9 Å². The molecule has 0 radical (unpaired) electrons. The molecule has 0 fully saturated rings. The fourth-order valence-corrected chi connectivity index (χ4v) is 1.29. The van der Waals surface area contributed by atoms with Crippen molar-refractivity contribution in [3.05, 3.63) is 5.82 Å². The van der Waals surface area contributed by atoms with Crippen molar-refractivity contribution in [1.29, 1.82) is 5.26 Å². The molecule has 1 N–H and O–H groups in total. The van der Waals surface area contributed by atoms with Crippen LogP contribution in [0.1, 0.15) is 5.82 Å². The van der Waals surface area contributed by atoms with E-state index in [0.29, 0.717) is 5.82 Å². The molecule has 0 saturated heterocycles. The molecule has 0 aliphatic heterocycles. The van der Waals surface area contributed by atoms with Crippen molar-refractivity contribution in [3.63, 3.8) is 0 Å². The third kappa shape index (κ3) is 2.24. The summed E-state index contributed by atoms with van der Waals surface area (Å²) in [5, 5.41) is 28.1. The number of nitrogens with zero attached hydrogens (tertiary/aromatic N) is 5. The van der Waals surface area contributed by atoms with Gasteiger partial charge in [0.25, 0.3) is 0 Å². The molecule has 1 aromatic heterocycles. The molecule has 1 heterocycles. The Kier molecular flexibility index (Phi) is 3.35. The van der Waals surface area contributed by atoms with E-state index < -0.39 is 3.23 Å². The van der Waals surface area contributed by atoms with Gasteiger partial charge in [0.2, 0.25) is 3.23 Å². The average Bonchev–Trinajstić information content (AvgIpc) is 2.54. The number of aromatic nitrogens is 4. The number of alkyl halides is 2. The second-order valence-electron chi connectivity index (χ2n) is 2.14. The zero-order valence-corrected chi connectivity index (χ0v) is 9.53. The highest BCUT2D eigenvalue weighted by Gasteiger charge is 2.31. The van der Waals surface area contributed by atoms with Gasteiger partial charge in [-0.15, -0.1) is 5.10 Å². The molecule has 0 saturated carbocycles. The summed E-state index contributed by atoms with van der Waals surface area (Å²) in [6.07, 6.45) is 0. The normalized spacial score (nSPS) is 11.2. The zero-order chi connectivity index (χ0) is 9.90. The minimum absolute atomic E-state index is 0.0838. The number of halogens is 2. The zero-order valence-electron chi connectivity index (χ0n) is 6.35. The van der Waals surface area contributed by atoms with E-state index in [1.807, 2.05) is 6.07 Å². The van der Waals surface area contributed by atoms with E-state index >= 15 is 0 Å². The lowest BCUT2D eigenvalue weighted by molar-refractivity contribution is 0.266. The lowest BCUT2D eigenvalue weighted by Gasteiger charge is -2.09. The Morgan fingerprint density at radius 2 is 2.31 bits per heavy atom. The van der Waals surface area contributed by atoms with Crippen LogP contribution in [-0.4, -0.2) is 31.9 Å². The van der Waals surface area contributed by atoms with Crippen molar-refractivity contribution >= 4 is 31.9 Å². The summed E-state index contributed by atoms with van der Waals surface area (Å²) in [5.41, 5.74) is 0. The van der Waals surface area contributed by atoms with Crippen LogP contribution in [0, 0.1) is 11.3 Å². The van der Waals surface area contributed by atoms with Gasteiger partial charge in [0.15, 0.2) is 5.82 Å². The number of aliphatic hydroxyl groups excluding tert-OH is 1. The number of rotatable bonds is 3. The molecule has 0 unspecified atom stereocenters. The standard InChI is InChI=1S/C5H5Br2N5O/c6-5(7,3-8)4-9-10-11-12(4)1-2-13/h13H,1-2H2. The van der Waals surface area contributed by atoms with Gasteiger partial charge in [-0.3, -0.25) is 0 Å². The van der Waals surface area contributed by atoms with Gasteiger partial charge in [0.05, 0.1) is 13.2 Å². The Morgan fingerprint density at radius 3 is 2.85 bits per heavy atom. The minimum Gasteiger partial charge on any atom is -0.394 e. The van der Waals surface area contributed by atoms with Crippen LogP contribution < -0.4 is 0 Å². The number of nitriles is 1. The molecule has 0 spiro atoms. The first-order chi connectivity index (χ1) is 6.11. The Morgan fingerprint density at radius 1 is 1.62 bits per heavy atom. The van der Waals surface area contributed by atoms with Crippen molar-refractivity contribution in [2.45, 2.75) is 9.78 Å². The summed E-state index contributed by atoms with van der Waals surface area (Å²) in [4.78, 5) is 0. The third-order valence-electron chi connectivity index (χ3n) is 1.26. The molecular formula is C5H5Br2N5O. The fraction of sp³-hybridized carbons (Fsp3) is 0.600. The molecule has 1 rings (SSSR count). The summed E-state index contributed by atoms with van der Waals surface area (Å²) >= 11 is 6.20. The van der Waals surface area contributed by atoms with Gasteiger partial charge in [-0.1, -0.05) is 0 Å². The second kappa shape index (κ2) is 4.13. The van der Waals surface area contributed by atoms with Crippen LogP contribution in [-0.2, 0) is 9.78 Å². The molecule has 0 amide bonds.